The number of aromatic nitrogens is 3. The number of likely N-dealkylation sites (tertiary alicyclic amines) is 1. The van der Waals surface area contributed by atoms with Crippen molar-refractivity contribution in [3.63, 3.8) is 0 Å². The molecule has 17 heavy (non-hydrogen) atoms. The molecular formula is C11H12N4O2. The van der Waals surface area contributed by atoms with Crippen LogP contribution in [-0.2, 0) is 7.05 Å². The molecular weight excluding hydrogens is 220 g/mol. The Balaban J connectivity index is 1.92. The van der Waals surface area contributed by atoms with E-state index in [4.69, 9.17) is 5.11 Å². The van der Waals surface area contributed by atoms with Gasteiger partial charge in [-0.3, -0.25) is 4.79 Å². The Labute approximate surface area is 97.4 Å². The lowest BCUT2D eigenvalue weighted by atomic mass is 10.1. The van der Waals surface area contributed by atoms with Crippen LogP contribution in [0.4, 0.5) is 0 Å². The summed E-state index contributed by atoms with van der Waals surface area (Å²) in [7, 11) is 1.81. The Hall–Kier alpha value is -1.95. The second-order valence-electron chi connectivity index (χ2n) is 4.28. The maximum atomic E-state index is 12.0. The molecule has 0 bridgehead atoms. The molecule has 0 spiro atoms. The van der Waals surface area contributed by atoms with Crippen LogP contribution < -0.4 is 0 Å². The number of hydrogen-bond acceptors (Lipinski definition) is 4. The van der Waals surface area contributed by atoms with E-state index in [-0.39, 0.29) is 12.0 Å². The number of benzene rings is 1. The van der Waals surface area contributed by atoms with E-state index in [2.05, 4.69) is 10.3 Å². The van der Waals surface area contributed by atoms with Gasteiger partial charge < -0.3 is 10.0 Å². The first-order valence-electron chi connectivity index (χ1n) is 5.42. The molecule has 1 aromatic heterocycles. The summed E-state index contributed by atoms with van der Waals surface area (Å²) in [6.45, 7) is 0.828. The Morgan fingerprint density at radius 1 is 1.47 bits per heavy atom. The molecule has 0 atom stereocenters. The molecule has 1 aliphatic heterocycles. The van der Waals surface area contributed by atoms with Gasteiger partial charge in [0.1, 0.15) is 5.52 Å². The van der Waals surface area contributed by atoms with Crippen molar-refractivity contribution in [3.05, 3.63) is 23.8 Å². The van der Waals surface area contributed by atoms with Crippen LogP contribution in [0.2, 0.25) is 0 Å². The summed E-state index contributed by atoms with van der Waals surface area (Å²) in [6.07, 6.45) is -0.376. The van der Waals surface area contributed by atoms with Gasteiger partial charge in [-0.05, 0) is 18.2 Å². The van der Waals surface area contributed by atoms with Gasteiger partial charge in [0, 0.05) is 25.7 Å². The lowest BCUT2D eigenvalue weighted by Crippen LogP contribution is -2.53. The van der Waals surface area contributed by atoms with Crippen molar-refractivity contribution < 1.29 is 9.90 Å². The first-order valence-corrected chi connectivity index (χ1v) is 5.42. The smallest absolute Gasteiger partial charge is 0.254 e. The van der Waals surface area contributed by atoms with Gasteiger partial charge in [-0.25, -0.2) is 4.68 Å². The second kappa shape index (κ2) is 3.53. The number of nitrogens with zero attached hydrogens (tertiary/aromatic N) is 4. The highest BCUT2D eigenvalue weighted by molar-refractivity contribution is 5.97. The number of amides is 1. The number of fused-ring (bicyclic) bond motifs is 1. The lowest BCUT2D eigenvalue weighted by molar-refractivity contribution is 0.00590. The number of aliphatic hydroxyl groups excluding tert-OH is 1. The molecule has 0 radical (unpaired) electrons. The van der Waals surface area contributed by atoms with Crippen LogP contribution in [0.1, 0.15) is 10.4 Å². The fourth-order valence-corrected chi connectivity index (χ4v) is 1.98. The van der Waals surface area contributed by atoms with Crippen molar-refractivity contribution in [1.29, 1.82) is 0 Å². The molecule has 1 amide bonds. The Morgan fingerprint density at radius 3 is 2.94 bits per heavy atom. The predicted octanol–water partition coefficient (Wildman–Crippen LogP) is -0.215. The van der Waals surface area contributed by atoms with E-state index in [1.165, 1.54) is 0 Å². The number of β-amino-alcohol motifs (C(OH)–C–C–N with tert-alkyl or cyclic N) is 1. The molecule has 1 fully saturated rings. The van der Waals surface area contributed by atoms with Crippen molar-refractivity contribution in [1.82, 2.24) is 19.9 Å². The quantitative estimate of drug-likeness (QED) is 0.738. The van der Waals surface area contributed by atoms with Crippen LogP contribution in [0, 0.1) is 0 Å². The monoisotopic (exact) mass is 232 g/mol. The molecule has 2 heterocycles. The largest absolute Gasteiger partial charge is 0.389 e. The van der Waals surface area contributed by atoms with E-state index in [0.717, 1.165) is 5.52 Å². The molecule has 2 aromatic rings. The standard InChI is InChI=1S/C11H12N4O2/c1-14-10-3-2-7(4-9(10)12-13-14)11(17)15-5-8(16)6-15/h2-4,8,16H,5-6H2,1H3. The minimum atomic E-state index is -0.376. The zero-order valence-corrected chi connectivity index (χ0v) is 9.37. The molecule has 6 nitrogen and oxygen atoms in total. The summed E-state index contributed by atoms with van der Waals surface area (Å²) in [5.41, 5.74) is 2.19. The highest BCUT2D eigenvalue weighted by Crippen LogP contribution is 2.17. The molecule has 6 heteroatoms. The minimum absolute atomic E-state index is 0.0668. The van der Waals surface area contributed by atoms with Gasteiger partial charge >= 0.3 is 0 Å². The topological polar surface area (TPSA) is 71.2 Å². The fourth-order valence-electron chi connectivity index (χ4n) is 1.98. The van der Waals surface area contributed by atoms with Gasteiger partial charge in [-0.1, -0.05) is 5.21 Å². The molecule has 1 aliphatic rings. The summed E-state index contributed by atoms with van der Waals surface area (Å²) in [4.78, 5) is 13.6. The van der Waals surface area contributed by atoms with E-state index >= 15 is 0 Å². The second-order valence-corrected chi connectivity index (χ2v) is 4.28. The molecule has 0 unspecified atom stereocenters. The molecule has 1 saturated heterocycles. The number of hydrogen-bond donors (Lipinski definition) is 1. The SMILES string of the molecule is Cn1nnc2cc(C(=O)N3CC(O)C3)ccc21. The Bertz CT molecular complexity index is 586. The van der Waals surface area contributed by atoms with Crippen molar-refractivity contribution >= 4 is 16.9 Å². The van der Waals surface area contributed by atoms with Crippen LogP contribution in [0.25, 0.3) is 11.0 Å². The third kappa shape index (κ3) is 1.57. The normalized spacial score (nSPS) is 16.2. The van der Waals surface area contributed by atoms with Crippen molar-refractivity contribution in [2.24, 2.45) is 7.05 Å². The molecule has 1 N–H and O–H groups in total. The van der Waals surface area contributed by atoms with Crippen LogP contribution in [0.15, 0.2) is 18.2 Å². The van der Waals surface area contributed by atoms with Gasteiger partial charge in [0.05, 0.1) is 11.6 Å². The molecule has 88 valence electrons. The first kappa shape index (κ1) is 10.2. The average Bonchev–Trinajstić information content (AvgIpc) is 2.66. The third-order valence-corrected chi connectivity index (χ3v) is 3.01. The van der Waals surface area contributed by atoms with E-state index in [1.54, 1.807) is 21.7 Å². The van der Waals surface area contributed by atoms with Crippen molar-refractivity contribution in [2.45, 2.75) is 6.10 Å². The van der Waals surface area contributed by atoms with Crippen molar-refractivity contribution in [3.8, 4) is 0 Å². The van der Waals surface area contributed by atoms with Gasteiger partial charge in [-0.15, -0.1) is 5.10 Å². The number of carbonyl (C=O) groups is 1. The molecule has 0 aliphatic carbocycles. The van der Waals surface area contributed by atoms with Crippen LogP contribution >= 0.6 is 0 Å². The Kier molecular flexibility index (Phi) is 2.12. The first-order chi connectivity index (χ1) is 8.15. The maximum absolute atomic E-state index is 12.0. The van der Waals surface area contributed by atoms with E-state index in [9.17, 15) is 4.79 Å². The minimum Gasteiger partial charge on any atom is -0.389 e. The zero-order valence-electron chi connectivity index (χ0n) is 9.37. The van der Waals surface area contributed by atoms with Gasteiger partial charge in [-0.2, -0.15) is 0 Å². The van der Waals surface area contributed by atoms with E-state index in [1.807, 2.05) is 13.1 Å². The molecule has 3 rings (SSSR count). The highest BCUT2D eigenvalue weighted by atomic mass is 16.3. The summed E-state index contributed by atoms with van der Waals surface area (Å²) >= 11 is 0. The number of carbonyl (C=O) groups excluding carboxylic acids is 1. The van der Waals surface area contributed by atoms with E-state index in [0.29, 0.717) is 24.2 Å². The highest BCUT2D eigenvalue weighted by Gasteiger charge is 2.29. The fraction of sp³-hybridized carbons (Fsp3) is 0.364. The number of aryl methyl sites for hydroxylation is 1. The summed E-state index contributed by atoms with van der Waals surface area (Å²) < 4.78 is 1.66. The zero-order chi connectivity index (χ0) is 12.0. The maximum Gasteiger partial charge on any atom is 0.254 e. The average molecular weight is 232 g/mol. The number of rotatable bonds is 1. The number of aliphatic hydroxyl groups is 1. The van der Waals surface area contributed by atoms with Gasteiger partial charge in [0.25, 0.3) is 5.91 Å². The molecule has 0 saturated carbocycles. The Morgan fingerprint density at radius 2 is 2.24 bits per heavy atom. The van der Waals surface area contributed by atoms with Crippen LogP contribution in [0.5, 0.6) is 0 Å². The summed E-state index contributed by atoms with van der Waals surface area (Å²) in [5, 5.41) is 17.0. The van der Waals surface area contributed by atoms with Crippen molar-refractivity contribution in [2.75, 3.05) is 13.1 Å². The van der Waals surface area contributed by atoms with Crippen LogP contribution in [0.3, 0.4) is 0 Å². The lowest BCUT2D eigenvalue weighted by Gasteiger charge is -2.35. The van der Waals surface area contributed by atoms with Gasteiger partial charge in [0.15, 0.2) is 0 Å². The summed E-state index contributed by atoms with van der Waals surface area (Å²) in [6, 6.07) is 5.33. The van der Waals surface area contributed by atoms with Gasteiger partial charge in [0.2, 0.25) is 0 Å². The third-order valence-electron chi connectivity index (χ3n) is 3.01. The summed E-state index contributed by atoms with van der Waals surface area (Å²) in [5.74, 6) is -0.0668. The predicted molar refractivity (Wildman–Crippen MR) is 60.4 cm³/mol. The van der Waals surface area contributed by atoms with E-state index < -0.39 is 0 Å². The molecule has 1 aromatic carbocycles. The van der Waals surface area contributed by atoms with Crippen LogP contribution in [-0.4, -0.2) is 50.1 Å².